The van der Waals surface area contributed by atoms with Crippen molar-refractivity contribution in [1.82, 2.24) is 40.6 Å². The van der Waals surface area contributed by atoms with E-state index in [1.54, 1.807) is 13.0 Å². The van der Waals surface area contributed by atoms with Crippen LogP contribution in [0.15, 0.2) is 47.6 Å². The first kappa shape index (κ1) is 202. The number of cyclic esters (lactones) is 6. The van der Waals surface area contributed by atoms with Gasteiger partial charge in [-0.3, -0.25) is 48.2 Å². The molecule has 0 aliphatic carbocycles. The van der Waals surface area contributed by atoms with Gasteiger partial charge in [0.2, 0.25) is 23.6 Å². The number of ether oxygens (including phenoxy) is 3. The Morgan fingerprint density at radius 1 is 0.373 bits per heavy atom. The number of esters is 6. The van der Waals surface area contributed by atoms with E-state index in [1.165, 1.54) is 144 Å². The van der Waals surface area contributed by atoms with Crippen molar-refractivity contribution < 1.29 is 135 Å². The number of hydrogen-bond donors (Lipinski definition) is 8. The standard InChI is InChI=1S/C34H60N4O4.C12H27N.C12H12O6.C4H2O3.C4H8.2C2H6.6CH4.5H3N.13H2O.3H4P2.H2/c1-28(24-29-26-31(39)37(33(29)41)22-18-14-10-6-2-4-8-12-16-20-35)25-30-27-32(40)38(34(30)42)23-19-15-11-7-3-5-9-13-17-21-36;1-2-3-4-5-6-7-8-9-10-11-12-13;1-6(2-7-4-9(13)17-11(7)15)3-8-5-10(14)18-12(8)16;5-3-1-2-4(6)7-3;1-4(2)3;2*1-2;;;;;;;;;;;;;;;;;;;;;;;;;3*1-2;/h24,29-30H,2-23,25-27,35-36H2,1H3;2-13H2,1H3;2,7-8H,3-5H2,1H3;1-2H;1H2,2-3H3;2*1-2H3;6*1H4;5*1H3;13*1H2;3*1-2H2;1H. The van der Waals surface area contributed by atoms with Crippen LogP contribution in [0.3, 0.4) is 0 Å². The molecule has 0 saturated carbocycles. The fraction of sp³-hybridized carbons (Fsp3) is 0.763. The van der Waals surface area contributed by atoms with Gasteiger partial charge in [-0.15, -0.1) is 60.1 Å². The van der Waals surface area contributed by atoms with Gasteiger partial charge in [-0.05, 0) is 92.3 Å². The topological polar surface area (TPSA) is 867 Å². The van der Waals surface area contributed by atoms with Crippen molar-refractivity contribution in [2.24, 2.45) is 40.9 Å². The van der Waals surface area contributed by atoms with Gasteiger partial charge in [-0.25, -0.2) is 9.59 Å². The smallest absolute Gasteiger partial charge is 0.338 e. The van der Waals surface area contributed by atoms with Crippen molar-refractivity contribution in [2.75, 3.05) is 32.7 Å². The highest BCUT2D eigenvalue weighted by molar-refractivity contribution is 7.92. The number of carbonyl (C=O) groups is 10. The van der Waals surface area contributed by atoms with E-state index in [0.29, 0.717) is 25.9 Å². The zero-order valence-corrected chi connectivity index (χ0v) is 76.8. The average Bonchev–Trinajstić information content (AvgIpc) is 1.68. The van der Waals surface area contributed by atoms with Crippen LogP contribution in [0.1, 0.15) is 327 Å². The number of unbranched alkanes of at least 4 members (excludes halogenated alkanes) is 25. The largest absolute Gasteiger partial charge is 0.412 e. The highest BCUT2D eigenvalue weighted by Gasteiger charge is 2.40. The molecule has 740 valence electrons. The van der Waals surface area contributed by atoms with Gasteiger partial charge in [0, 0.05) is 39.5 Å². The molecule has 42 heteroatoms. The molecule has 10 unspecified atom stereocenters. The molecule has 4 saturated heterocycles. The van der Waals surface area contributed by atoms with Crippen LogP contribution in [0.5, 0.6) is 0 Å². The number of hydrogen-bond acceptors (Lipinski definition) is 21. The lowest BCUT2D eigenvalue weighted by molar-refractivity contribution is -0.154. The number of imide groups is 2. The zero-order chi connectivity index (χ0) is 72.5. The molecule has 47 N–H and O–H groups in total. The molecule has 0 aromatic carbocycles. The Labute approximate surface area is 731 Å². The van der Waals surface area contributed by atoms with Gasteiger partial charge in [0.1, 0.15) is 0 Å². The fourth-order valence-electron chi connectivity index (χ4n) is 10.4. The van der Waals surface area contributed by atoms with E-state index >= 15 is 0 Å². The summed E-state index contributed by atoms with van der Waals surface area (Å²) < 4.78 is 12.8. The molecular formula is C76H200N10O26P6. The second kappa shape index (κ2) is 145. The SMILES string of the molecule is C.C.C.C.C.C.C=C(C)C.CC.CC.CC(=CC1CC(=O)N(CCCCCCCCCCCN)C1=O)CC1CC(=O)N(CCCCCCCCCCCN)C1=O.CC(=CC1CC(=O)OC1=O)CC1CC(=O)OC1=O.CCCCCCCCCCCCN.N.N.N.N.N.O.O.O.O.O.O.O.O.O.O.O.O.O.O=C1C=CC(=O)O1.PP.PP.PP.[HH]. The number of nitrogens with two attached hydrogens (primary N) is 3. The first-order chi connectivity index (χ1) is 45.3. The molecule has 10 atom stereocenters. The van der Waals surface area contributed by atoms with Crippen molar-refractivity contribution in [3.05, 3.63) is 47.6 Å². The third kappa shape index (κ3) is 112. The Morgan fingerprint density at radius 2 is 0.619 bits per heavy atom. The molecule has 0 aromatic rings. The molecule has 5 aliphatic heterocycles. The third-order valence-corrected chi connectivity index (χ3v) is 14.9. The highest BCUT2D eigenvalue weighted by Crippen LogP contribution is 2.30. The molecule has 5 aliphatic rings. The van der Waals surface area contributed by atoms with Crippen molar-refractivity contribution in [1.29, 1.82) is 0 Å². The summed E-state index contributed by atoms with van der Waals surface area (Å²) >= 11 is 0. The molecule has 0 bridgehead atoms. The van der Waals surface area contributed by atoms with Crippen molar-refractivity contribution in [2.45, 2.75) is 325 Å². The van der Waals surface area contributed by atoms with Crippen LogP contribution in [0.25, 0.3) is 0 Å². The molecular weight excluding hydrogens is 1650 g/mol. The third-order valence-electron chi connectivity index (χ3n) is 14.9. The van der Waals surface area contributed by atoms with Crippen LogP contribution in [-0.4, -0.2) is 173 Å². The maximum absolute atomic E-state index is 13.0. The number of nitrogens with zero attached hydrogens (tertiary/aromatic N) is 2. The summed E-state index contributed by atoms with van der Waals surface area (Å²) in [6.07, 6.45) is 41.6. The molecule has 4 fully saturated rings. The number of likely N-dealkylation sites (tertiary alicyclic amines) is 2. The summed E-state index contributed by atoms with van der Waals surface area (Å²) in [4.78, 5) is 118. The first-order valence-corrected chi connectivity index (χ1v) is 43.0. The van der Waals surface area contributed by atoms with Crippen LogP contribution in [0.2, 0.25) is 0 Å². The minimum Gasteiger partial charge on any atom is -0.412 e. The van der Waals surface area contributed by atoms with Crippen molar-refractivity contribution in [3.63, 3.8) is 0 Å². The van der Waals surface area contributed by atoms with Gasteiger partial charge in [0.25, 0.3) is 0 Å². The summed E-state index contributed by atoms with van der Waals surface area (Å²) in [7, 11) is 14.0. The van der Waals surface area contributed by atoms with E-state index in [9.17, 15) is 47.9 Å². The van der Waals surface area contributed by atoms with Crippen LogP contribution < -0.4 is 48.0 Å². The van der Waals surface area contributed by atoms with E-state index < -0.39 is 53.6 Å². The van der Waals surface area contributed by atoms with Crippen LogP contribution in [-0.2, 0) is 62.2 Å². The van der Waals surface area contributed by atoms with Gasteiger partial charge < -0.3 is 133 Å². The van der Waals surface area contributed by atoms with E-state index in [0.717, 1.165) is 94.3 Å². The summed E-state index contributed by atoms with van der Waals surface area (Å²) in [5.74, 6) is -5.56. The molecule has 0 radical (unpaired) electrons. The van der Waals surface area contributed by atoms with Crippen molar-refractivity contribution >= 4 is 113 Å². The normalized spacial score (nSPS) is 14.1. The first-order valence-electron chi connectivity index (χ1n) is 35.0. The molecule has 5 rings (SSSR count). The maximum atomic E-state index is 13.0. The van der Waals surface area contributed by atoms with E-state index in [1.807, 2.05) is 54.5 Å². The number of allylic oxidation sites excluding steroid dienone is 3. The number of amides is 4. The molecule has 0 aromatic heterocycles. The molecule has 0 spiro atoms. The summed E-state index contributed by atoms with van der Waals surface area (Å²) in [5.41, 5.74) is 19.3. The molecule has 36 nitrogen and oxygen atoms in total. The Hall–Kier alpha value is -3.60. The minimum atomic E-state index is -0.579. The zero-order valence-electron chi connectivity index (χ0n) is 69.8. The van der Waals surface area contributed by atoms with Gasteiger partial charge in [0.05, 0.1) is 36.5 Å². The predicted octanol–water partition coefficient (Wildman–Crippen LogP) is 9.75. The Morgan fingerprint density at radius 3 is 0.873 bits per heavy atom. The molecule has 5 heterocycles. The quantitative estimate of drug-likeness (QED) is 0.00542. The number of carbonyl (C=O) groups excluding carboxylic acids is 10. The lowest BCUT2D eigenvalue weighted by atomic mass is 9.95. The highest BCUT2D eigenvalue weighted by atomic mass is 32.0. The molecule has 4 amide bonds. The Balaban J connectivity index is -0.0000000315. The number of rotatable bonds is 38. The van der Waals surface area contributed by atoms with E-state index in [-0.39, 0.29) is 203 Å². The maximum Gasteiger partial charge on any atom is 0.338 e. The lowest BCUT2D eigenvalue weighted by Gasteiger charge is -2.16. The minimum absolute atomic E-state index is 0. The van der Waals surface area contributed by atoms with Crippen LogP contribution in [0, 0.1) is 23.7 Å². The molecule has 118 heavy (non-hydrogen) atoms. The lowest BCUT2D eigenvalue weighted by Crippen LogP contribution is -2.32. The van der Waals surface area contributed by atoms with Crippen LogP contribution in [0.4, 0.5) is 0 Å². The summed E-state index contributed by atoms with van der Waals surface area (Å²) in [6, 6.07) is 0. The van der Waals surface area contributed by atoms with Gasteiger partial charge in [-0.2, -0.15) is 0 Å². The summed E-state index contributed by atoms with van der Waals surface area (Å²) in [5, 5.41) is 0. The fourth-order valence-corrected chi connectivity index (χ4v) is 10.4. The van der Waals surface area contributed by atoms with Crippen molar-refractivity contribution in [3.8, 4) is 0 Å². The second-order valence-corrected chi connectivity index (χ2v) is 23.4. The second-order valence-electron chi connectivity index (χ2n) is 23.4. The van der Waals surface area contributed by atoms with Gasteiger partial charge >= 0.3 is 35.8 Å². The van der Waals surface area contributed by atoms with Crippen LogP contribution >= 0.6 is 53.6 Å². The van der Waals surface area contributed by atoms with E-state index in [4.69, 9.17) is 17.2 Å². The average molecular weight is 1860 g/mol. The Bertz CT molecular complexity index is 2200. The van der Waals surface area contributed by atoms with Gasteiger partial charge in [0.15, 0.2) is 0 Å². The Kier molecular flexibility index (Phi) is 248. The predicted molar refractivity (Wildman–Crippen MR) is 523 cm³/mol. The monoisotopic (exact) mass is 1860 g/mol. The van der Waals surface area contributed by atoms with Gasteiger partial charge in [-0.1, -0.05) is 256 Å². The summed E-state index contributed by atoms with van der Waals surface area (Å²) in [6.45, 7) is 24.9. The van der Waals surface area contributed by atoms with E-state index in [2.05, 4.69) is 81.3 Å².